The number of halogens is 4. The minimum Gasteiger partial charge on any atom is -0.334 e. The topological polar surface area (TPSA) is 20.3 Å². The first-order valence-corrected chi connectivity index (χ1v) is 6.51. The number of nitrogens with zero attached hydrogens (tertiary/aromatic N) is 1. The zero-order valence-electron chi connectivity index (χ0n) is 10.1. The summed E-state index contributed by atoms with van der Waals surface area (Å²) in [6.07, 6.45) is -2.87. The molecule has 0 bridgehead atoms. The van der Waals surface area contributed by atoms with Crippen LogP contribution in [0.25, 0.3) is 0 Å². The molecule has 6 heteroatoms. The highest BCUT2D eigenvalue weighted by atomic mass is 35.5. The van der Waals surface area contributed by atoms with Crippen LogP contribution in [0.1, 0.15) is 28.8 Å². The molecule has 1 saturated carbocycles. The van der Waals surface area contributed by atoms with Gasteiger partial charge in [-0.15, -0.1) is 11.6 Å². The summed E-state index contributed by atoms with van der Waals surface area (Å²) in [4.78, 5) is 13.7. The smallest absolute Gasteiger partial charge is 0.334 e. The molecule has 2 rings (SSSR count). The maximum Gasteiger partial charge on any atom is 0.417 e. The van der Waals surface area contributed by atoms with Crippen LogP contribution in [0.15, 0.2) is 24.3 Å². The van der Waals surface area contributed by atoms with Crippen LogP contribution in [0.5, 0.6) is 0 Å². The molecule has 0 aromatic heterocycles. The van der Waals surface area contributed by atoms with Gasteiger partial charge in [0.1, 0.15) is 0 Å². The number of carbonyl (C=O) groups excluding carboxylic acids is 1. The summed E-state index contributed by atoms with van der Waals surface area (Å²) in [5.74, 6) is -0.368. The fourth-order valence-corrected chi connectivity index (χ4v) is 2.18. The van der Waals surface area contributed by atoms with Crippen LogP contribution in [-0.4, -0.2) is 29.3 Å². The molecule has 1 aliphatic carbocycles. The highest BCUT2D eigenvalue weighted by Crippen LogP contribution is 2.34. The van der Waals surface area contributed by atoms with Crippen molar-refractivity contribution in [2.75, 3.05) is 12.4 Å². The minimum absolute atomic E-state index is 0.0348. The van der Waals surface area contributed by atoms with Gasteiger partial charge < -0.3 is 4.90 Å². The molecular formula is C13H13ClF3NO. The summed E-state index contributed by atoms with van der Waals surface area (Å²) in [6.45, 7) is 0.275. The van der Waals surface area contributed by atoms with Crippen LogP contribution in [0, 0.1) is 0 Å². The average Bonchev–Trinajstić information content (AvgIpc) is 3.18. The molecule has 0 N–H and O–H groups in total. The molecule has 2 nitrogen and oxygen atoms in total. The van der Waals surface area contributed by atoms with Crippen molar-refractivity contribution in [3.63, 3.8) is 0 Å². The van der Waals surface area contributed by atoms with E-state index in [1.54, 1.807) is 0 Å². The molecule has 0 spiro atoms. The first-order valence-electron chi connectivity index (χ1n) is 5.98. The predicted octanol–water partition coefficient (Wildman–Crippen LogP) is 3.55. The number of benzene rings is 1. The SMILES string of the molecule is O=C(c1ccccc1C(F)(F)F)N(CCCl)C1CC1. The monoisotopic (exact) mass is 291 g/mol. The number of hydrogen-bond donors (Lipinski definition) is 0. The normalized spacial score (nSPS) is 15.4. The fraction of sp³-hybridized carbons (Fsp3) is 0.462. The molecular weight excluding hydrogens is 279 g/mol. The fourth-order valence-electron chi connectivity index (χ4n) is 2.00. The third kappa shape index (κ3) is 3.21. The van der Waals surface area contributed by atoms with Crippen molar-refractivity contribution in [3.05, 3.63) is 35.4 Å². The van der Waals surface area contributed by atoms with Gasteiger partial charge in [0, 0.05) is 18.5 Å². The molecule has 1 amide bonds. The Morgan fingerprint density at radius 3 is 2.47 bits per heavy atom. The summed E-state index contributed by atoms with van der Waals surface area (Å²) in [5.41, 5.74) is -1.19. The minimum atomic E-state index is -4.53. The van der Waals surface area contributed by atoms with Gasteiger partial charge in [0.05, 0.1) is 11.1 Å². The van der Waals surface area contributed by atoms with E-state index in [0.29, 0.717) is 0 Å². The van der Waals surface area contributed by atoms with Gasteiger partial charge >= 0.3 is 6.18 Å². The summed E-state index contributed by atoms with van der Waals surface area (Å²) in [5, 5.41) is 0. The van der Waals surface area contributed by atoms with Crippen molar-refractivity contribution in [2.45, 2.75) is 25.1 Å². The van der Waals surface area contributed by atoms with E-state index in [0.717, 1.165) is 18.9 Å². The quantitative estimate of drug-likeness (QED) is 0.777. The van der Waals surface area contributed by atoms with Gasteiger partial charge in [-0.1, -0.05) is 12.1 Å². The lowest BCUT2D eigenvalue weighted by Crippen LogP contribution is -2.36. The largest absolute Gasteiger partial charge is 0.417 e. The molecule has 1 fully saturated rings. The van der Waals surface area contributed by atoms with Crippen molar-refractivity contribution in [1.29, 1.82) is 0 Å². The summed E-state index contributed by atoms with van der Waals surface area (Å²) >= 11 is 5.61. The third-order valence-corrected chi connectivity index (χ3v) is 3.21. The molecule has 1 aliphatic rings. The van der Waals surface area contributed by atoms with E-state index < -0.39 is 17.6 Å². The summed E-state index contributed by atoms with van der Waals surface area (Å²) in [7, 11) is 0. The summed E-state index contributed by atoms with van der Waals surface area (Å²) in [6, 6.07) is 4.90. The second-order valence-electron chi connectivity index (χ2n) is 4.46. The highest BCUT2D eigenvalue weighted by Gasteiger charge is 2.38. The Morgan fingerprint density at radius 2 is 1.95 bits per heavy atom. The van der Waals surface area contributed by atoms with Crippen LogP contribution in [-0.2, 0) is 6.18 Å². The van der Waals surface area contributed by atoms with E-state index in [1.807, 2.05) is 0 Å². The number of rotatable bonds is 4. The van der Waals surface area contributed by atoms with E-state index in [4.69, 9.17) is 11.6 Å². The zero-order valence-corrected chi connectivity index (χ0v) is 10.8. The van der Waals surface area contributed by atoms with Crippen molar-refractivity contribution < 1.29 is 18.0 Å². The average molecular weight is 292 g/mol. The molecule has 104 valence electrons. The van der Waals surface area contributed by atoms with Gasteiger partial charge in [-0.3, -0.25) is 4.79 Å². The molecule has 1 aromatic rings. The first kappa shape index (κ1) is 14.2. The van der Waals surface area contributed by atoms with E-state index >= 15 is 0 Å². The van der Waals surface area contributed by atoms with Gasteiger partial charge in [0.25, 0.3) is 5.91 Å². The summed E-state index contributed by atoms with van der Waals surface area (Å²) < 4.78 is 38.6. The predicted molar refractivity (Wildman–Crippen MR) is 66.2 cm³/mol. The van der Waals surface area contributed by atoms with Crippen molar-refractivity contribution >= 4 is 17.5 Å². The Balaban J connectivity index is 2.32. The lowest BCUT2D eigenvalue weighted by molar-refractivity contribution is -0.138. The van der Waals surface area contributed by atoms with E-state index in [1.165, 1.54) is 23.1 Å². The molecule has 0 saturated heterocycles. The number of carbonyl (C=O) groups is 1. The van der Waals surface area contributed by atoms with Crippen LogP contribution in [0.2, 0.25) is 0 Å². The molecule has 19 heavy (non-hydrogen) atoms. The Hall–Kier alpha value is -1.23. The second kappa shape index (κ2) is 5.41. The van der Waals surface area contributed by atoms with Gasteiger partial charge in [-0.2, -0.15) is 13.2 Å². The van der Waals surface area contributed by atoms with Gasteiger partial charge in [-0.05, 0) is 25.0 Å². The van der Waals surface area contributed by atoms with Crippen LogP contribution < -0.4 is 0 Å². The highest BCUT2D eigenvalue weighted by molar-refractivity contribution is 6.18. The van der Waals surface area contributed by atoms with Crippen molar-refractivity contribution in [2.24, 2.45) is 0 Å². The Kier molecular flexibility index (Phi) is 4.04. The lowest BCUT2D eigenvalue weighted by atomic mass is 10.1. The van der Waals surface area contributed by atoms with E-state index in [2.05, 4.69) is 0 Å². The van der Waals surface area contributed by atoms with E-state index in [-0.39, 0.29) is 24.0 Å². The van der Waals surface area contributed by atoms with Gasteiger partial charge in [-0.25, -0.2) is 0 Å². The van der Waals surface area contributed by atoms with Crippen molar-refractivity contribution in [1.82, 2.24) is 4.90 Å². The molecule has 0 heterocycles. The number of amides is 1. The maximum atomic E-state index is 12.9. The zero-order chi connectivity index (χ0) is 14.0. The van der Waals surface area contributed by atoms with E-state index in [9.17, 15) is 18.0 Å². The molecule has 0 unspecified atom stereocenters. The Morgan fingerprint density at radius 1 is 1.32 bits per heavy atom. The standard InChI is InChI=1S/C13H13ClF3NO/c14-7-8-18(9-5-6-9)12(19)10-3-1-2-4-11(10)13(15,16)17/h1-4,9H,5-8H2. The number of hydrogen-bond acceptors (Lipinski definition) is 1. The molecule has 0 radical (unpaired) electrons. The van der Waals surface area contributed by atoms with Crippen LogP contribution >= 0.6 is 11.6 Å². The van der Waals surface area contributed by atoms with Crippen LogP contribution in [0.3, 0.4) is 0 Å². The first-order chi connectivity index (χ1) is 8.95. The Labute approximate surface area is 114 Å². The Bertz CT molecular complexity index is 471. The third-order valence-electron chi connectivity index (χ3n) is 3.04. The maximum absolute atomic E-state index is 12.9. The lowest BCUT2D eigenvalue weighted by Gasteiger charge is -2.23. The molecule has 0 atom stereocenters. The van der Waals surface area contributed by atoms with Gasteiger partial charge in [0.2, 0.25) is 0 Å². The van der Waals surface area contributed by atoms with Crippen molar-refractivity contribution in [3.8, 4) is 0 Å². The number of alkyl halides is 4. The molecule has 1 aromatic carbocycles. The molecule has 0 aliphatic heterocycles. The van der Waals surface area contributed by atoms with Gasteiger partial charge in [0.15, 0.2) is 0 Å². The van der Waals surface area contributed by atoms with Crippen LogP contribution in [0.4, 0.5) is 13.2 Å². The second-order valence-corrected chi connectivity index (χ2v) is 4.84.